The highest BCUT2D eigenvalue weighted by atomic mass is 32.1. The Morgan fingerprint density at radius 1 is 1.31 bits per heavy atom. The Kier molecular flexibility index (Phi) is 6.16. The maximum Gasteiger partial charge on any atom is 0.320 e. The van der Waals surface area contributed by atoms with Crippen LogP contribution < -0.4 is 9.47 Å². The van der Waals surface area contributed by atoms with E-state index in [1.165, 1.54) is 0 Å². The van der Waals surface area contributed by atoms with Crippen LogP contribution in [-0.4, -0.2) is 42.3 Å². The van der Waals surface area contributed by atoms with E-state index in [9.17, 15) is 9.90 Å². The van der Waals surface area contributed by atoms with Gasteiger partial charge >= 0.3 is 5.97 Å². The van der Waals surface area contributed by atoms with Crippen LogP contribution in [0.1, 0.15) is 43.4 Å². The van der Waals surface area contributed by atoms with Gasteiger partial charge in [0.05, 0.1) is 19.8 Å². The molecule has 1 N–H and O–H groups in total. The van der Waals surface area contributed by atoms with Crippen LogP contribution in [-0.2, 0) is 4.79 Å². The molecule has 2 aromatic rings. The van der Waals surface area contributed by atoms with Gasteiger partial charge in [0.15, 0.2) is 11.5 Å². The van der Waals surface area contributed by atoms with E-state index in [0.29, 0.717) is 24.5 Å². The van der Waals surface area contributed by atoms with E-state index < -0.39 is 12.0 Å². The molecule has 1 aromatic heterocycles. The molecular weight excluding hydrogens is 350 g/mol. The van der Waals surface area contributed by atoms with Gasteiger partial charge in [-0.2, -0.15) is 11.3 Å². The fourth-order valence-electron chi connectivity index (χ4n) is 3.67. The summed E-state index contributed by atoms with van der Waals surface area (Å²) in [4.78, 5) is 14.0. The van der Waals surface area contributed by atoms with E-state index in [-0.39, 0.29) is 6.04 Å². The van der Waals surface area contributed by atoms with Gasteiger partial charge in [0.2, 0.25) is 0 Å². The molecule has 1 aliphatic rings. The third kappa shape index (κ3) is 3.86. The second kappa shape index (κ2) is 8.56. The van der Waals surface area contributed by atoms with Crippen molar-refractivity contribution in [2.45, 2.75) is 38.3 Å². The lowest BCUT2D eigenvalue weighted by Crippen LogP contribution is -2.46. The minimum absolute atomic E-state index is 0.104. The number of rotatable bonds is 7. The highest BCUT2D eigenvalue weighted by Crippen LogP contribution is 2.38. The molecule has 0 amide bonds. The van der Waals surface area contributed by atoms with E-state index in [1.54, 1.807) is 18.4 Å². The lowest BCUT2D eigenvalue weighted by atomic mass is 9.93. The van der Waals surface area contributed by atoms with Gasteiger partial charge in [-0.05, 0) is 66.4 Å². The first-order valence-electron chi connectivity index (χ1n) is 8.97. The van der Waals surface area contributed by atoms with Crippen LogP contribution in [0.4, 0.5) is 0 Å². The second-order valence-electron chi connectivity index (χ2n) is 6.39. The predicted octanol–water partition coefficient (Wildman–Crippen LogP) is 4.18. The third-order valence-electron chi connectivity index (χ3n) is 4.82. The van der Waals surface area contributed by atoms with E-state index in [4.69, 9.17) is 9.47 Å². The first kappa shape index (κ1) is 18.7. The van der Waals surface area contributed by atoms with Gasteiger partial charge in [0.25, 0.3) is 0 Å². The topological polar surface area (TPSA) is 59.0 Å². The number of hydrogen-bond donors (Lipinski definition) is 1. The molecule has 0 saturated carbocycles. The number of carbonyl (C=O) groups is 1. The molecular formula is C20H25NO4S. The van der Waals surface area contributed by atoms with E-state index in [0.717, 1.165) is 30.5 Å². The minimum Gasteiger partial charge on any atom is -0.493 e. The lowest BCUT2D eigenvalue weighted by molar-refractivity contribution is -0.145. The highest BCUT2D eigenvalue weighted by Gasteiger charge is 2.35. The lowest BCUT2D eigenvalue weighted by Gasteiger charge is -2.39. The summed E-state index contributed by atoms with van der Waals surface area (Å²) < 4.78 is 11.1. The molecule has 2 unspecified atom stereocenters. The Morgan fingerprint density at radius 2 is 2.15 bits per heavy atom. The van der Waals surface area contributed by atoms with Crippen molar-refractivity contribution >= 4 is 17.3 Å². The minimum atomic E-state index is -0.747. The molecule has 5 nitrogen and oxygen atoms in total. The van der Waals surface area contributed by atoms with E-state index in [2.05, 4.69) is 16.3 Å². The molecule has 0 spiro atoms. The molecule has 0 bridgehead atoms. The number of carboxylic acid groups (broad SMARTS) is 1. The number of thiophene rings is 1. The van der Waals surface area contributed by atoms with Gasteiger partial charge in [-0.25, -0.2) is 0 Å². The molecule has 1 saturated heterocycles. The monoisotopic (exact) mass is 375 g/mol. The maximum atomic E-state index is 11.9. The predicted molar refractivity (Wildman–Crippen MR) is 102 cm³/mol. The molecule has 3 rings (SSSR count). The Hall–Kier alpha value is -2.05. The third-order valence-corrected chi connectivity index (χ3v) is 5.52. The van der Waals surface area contributed by atoms with Crippen molar-refractivity contribution in [3.8, 4) is 11.5 Å². The quantitative estimate of drug-likeness (QED) is 0.786. The van der Waals surface area contributed by atoms with Gasteiger partial charge in [-0.1, -0.05) is 12.5 Å². The van der Waals surface area contributed by atoms with Crippen molar-refractivity contribution in [2.75, 3.05) is 20.3 Å². The van der Waals surface area contributed by atoms with Crippen LogP contribution in [0, 0.1) is 0 Å². The molecule has 1 fully saturated rings. The van der Waals surface area contributed by atoms with Crippen molar-refractivity contribution in [3.63, 3.8) is 0 Å². The van der Waals surface area contributed by atoms with Crippen LogP contribution >= 0.6 is 11.3 Å². The molecule has 140 valence electrons. The Labute approximate surface area is 158 Å². The molecule has 1 aromatic carbocycles. The molecule has 0 radical (unpaired) electrons. The average molecular weight is 375 g/mol. The number of likely N-dealkylation sites (tertiary alicyclic amines) is 1. The van der Waals surface area contributed by atoms with Crippen LogP contribution in [0.3, 0.4) is 0 Å². The number of piperidine rings is 1. The summed E-state index contributed by atoms with van der Waals surface area (Å²) in [5.74, 6) is 0.633. The van der Waals surface area contributed by atoms with Crippen molar-refractivity contribution in [3.05, 3.63) is 46.2 Å². The number of hydrogen-bond acceptors (Lipinski definition) is 5. The number of ether oxygens (including phenoxy) is 2. The molecule has 0 aliphatic carbocycles. The first-order valence-corrected chi connectivity index (χ1v) is 9.91. The number of nitrogens with zero attached hydrogens (tertiary/aromatic N) is 1. The zero-order valence-electron chi connectivity index (χ0n) is 15.2. The molecule has 2 heterocycles. The summed E-state index contributed by atoms with van der Waals surface area (Å²) >= 11 is 1.63. The van der Waals surface area contributed by atoms with E-state index in [1.807, 2.05) is 30.5 Å². The summed E-state index contributed by atoms with van der Waals surface area (Å²) in [6, 6.07) is 7.40. The number of benzene rings is 1. The number of methoxy groups -OCH3 is 1. The molecule has 2 atom stereocenters. The van der Waals surface area contributed by atoms with Crippen LogP contribution in [0.25, 0.3) is 0 Å². The van der Waals surface area contributed by atoms with Crippen LogP contribution in [0.2, 0.25) is 0 Å². The van der Waals surface area contributed by atoms with Crippen molar-refractivity contribution < 1.29 is 19.4 Å². The van der Waals surface area contributed by atoms with Gasteiger partial charge in [-0.15, -0.1) is 0 Å². The van der Waals surface area contributed by atoms with Gasteiger partial charge in [-0.3, -0.25) is 9.69 Å². The van der Waals surface area contributed by atoms with Gasteiger partial charge in [0, 0.05) is 0 Å². The largest absolute Gasteiger partial charge is 0.493 e. The summed E-state index contributed by atoms with van der Waals surface area (Å²) in [6.45, 7) is 3.26. The fourth-order valence-corrected chi connectivity index (χ4v) is 4.34. The maximum absolute atomic E-state index is 11.9. The van der Waals surface area contributed by atoms with E-state index >= 15 is 0 Å². The normalized spacial score (nSPS) is 19.1. The Bertz CT molecular complexity index is 731. The first-order chi connectivity index (χ1) is 12.7. The average Bonchev–Trinajstić information content (AvgIpc) is 3.17. The van der Waals surface area contributed by atoms with Crippen molar-refractivity contribution in [2.24, 2.45) is 0 Å². The SMILES string of the molecule is CCOc1cc(C(c2ccsc2)N2CCCCC2C(=O)O)ccc1OC. The summed E-state index contributed by atoms with van der Waals surface area (Å²) in [5.41, 5.74) is 2.15. The van der Waals surface area contributed by atoms with Crippen molar-refractivity contribution in [1.82, 2.24) is 4.90 Å². The fraction of sp³-hybridized carbons (Fsp3) is 0.450. The van der Waals surface area contributed by atoms with Crippen molar-refractivity contribution in [1.29, 1.82) is 0 Å². The summed E-state index contributed by atoms with van der Waals surface area (Å²) in [5, 5.41) is 13.9. The van der Waals surface area contributed by atoms with Crippen LogP contribution in [0.15, 0.2) is 35.0 Å². The molecule has 6 heteroatoms. The Morgan fingerprint density at radius 3 is 2.81 bits per heavy atom. The standard InChI is InChI=1S/C20H25NO4S/c1-3-25-18-12-14(7-8-17(18)24-2)19(15-9-11-26-13-15)21-10-5-4-6-16(21)20(22)23/h7-9,11-13,16,19H,3-6,10H2,1-2H3,(H,22,23). The second-order valence-corrected chi connectivity index (χ2v) is 7.17. The summed E-state index contributed by atoms with van der Waals surface area (Å²) in [7, 11) is 1.62. The van der Waals surface area contributed by atoms with Gasteiger partial charge in [0.1, 0.15) is 6.04 Å². The van der Waals surface area contributed by atoms with Crippen LogP contribution in [0.5, 0.6) is 11.5 Å². The zero-order valence-corrected chi connectivity index (χ0v) is 16.0. The smallest absolute Gasteiger partial charge is 0.320 e. The molecule has 26 heavy (non-hydrogen) atoms. The van der Waals surface area contributed by atoms with Gasteiger partial charge < -0.3 is 14.6 Å². The number of aliphatic carboxylic acids is 1. The zero-order chi connectivity index (χ0) is 18.5. The number of carboxylic acids is 1. The highest BCUT2D eigenvalue weighted by molar-refractivity contribution is 7.08. The molecule has 1 aliphatic heterocycles. The Balaban J connectivity index is 2.04. The summed E-state index contributed by atoms with van der Waals surface area (Å²) in [6.07, 6.45) is 2.65.